The summed E-state index contributed by atoms with van der Waals surface area (Å²) in [6.07, 6.45) is 5.98. The van der Waals surface area contributed by atoms with Crippen LogP contribution in [0.3, 0.4) is 0 Å². The van der Waals surface area contributed by atoms with Crippen LogP contribution >= 0.6 is 0 Å². The number of benzene rings is 1. The van der Waals surface area contributed by atoms with Crippen molar-refractivity contribution in [3.8, 4) is 0 Å². The second-order valence-electron chi connectivity index (χ2n) is 5.85. The zero-order chi connectivity index (χ0) is 15.9. The van der Waals surface area contributed by atoms with E-state index in [2.05, 4.69) is 9.97 Å². The molecule has 1 aromatic heterocycles. The lowest BCUT2D eigenvalue weighted by atomic mass is 9.85. The summed E-state index contributed by atoms with van der Waals surface area (Å²) >= 11 is 0. The second kappa shape index (κ2) is 5.15. The summed E-state index contributed by atoms with van der Waals surface area (Å²) in [5, 5.41) is 0. The van der Waals surface area contributed by atoms with Gasteiger partial charge < -0.3 is 9.64 Å². The molecule has 116 valence electrons. The second-order valence-corrected chi connectivity index (χ2v) is 5.85. The molecule has 0 N–H and O–H groups in total. The van der Waals surface area contributed by atoms with Crippen LogP contribution < -0.4 is 0 Å². The van der Waals surface area contributed by atoms with E-state index in [9.17, 15) is 9.59 Å². The van der Waals surface area contributed by atoms with Gasteiger partial charge >= 0.3 is 5.97 Å². The monoisotopic (exact) mass is 309 g/mol. The summed E-state index contributed by atoms with van der Waals surface area (Å²) in [4.78, 5) is 34.5. The lowest BCUT2D eigenvalue weighted by molar-refractivity contribution is -0.0443. The van der Waals surface area contributed by atoms with Gasteiger partial charge in [0.15, 0.2) is 5.60 Å². The van der Waals surface area contributed by atoms with Gasteiger partial charge in [-0.15, -0.1) is 0 Å². The van der Waals surface area contributed by atoms with Crippen LogP contribution in [0.1, 0.15) is 39.3 Å². The molecule has 3 heterocycles. The summed E-state index contributed by atoms with van der Waals surface area (Å²) in [5.41, 5.74) is 1.05. The van der Waals surface area contributed by atoms with Crippen molar-refractivity contribution in [1.29, 1.82) is 0 Å². The maximum absolute atomic E-state index is 12.6. The van der Waals surface area contributed by atoms with Crippen LogP contribution in [-0.2, 0) is 10.3 Å². The smallest absolute Gasteiger partial charge is 0.339 e. The van der Waals surface area contributed by atoms with Gasteiger partial charge in [-0.1, -0.05) is 18.2 Å². The average molecular weight is 309 g/mol. The molecule has 0 radical (unpaired) electrons. The number of carbonyl (C=O) groups excluding carboxylic acids is 2. The van der Waals surface area contributed by atoms with Gasteiger partial charge in [-0.2, -0.15) is 0 Å². The quantitative estimate of drug-likeness (QED) is 0.751. The van der Waals surface area contributed by atoms with E-state index in [0.29, 0.717) is 24.3 Å². The highest BCUT2D eigenvalue weighted by molar-refractivity contribution is 5.95. The lowest BCUT2D eigenvalue weighted by Crippen LogP contribution is -2.48. The predicted octanol–water partition coefficient (Wildman–Crippen LogP) is 1.78. The summed E-state index contributed by atoms with van der Waals surface area (Å²) in [7, 11) is 0. The molecule has 1 atom stereocenters. The normalized spacial score (nSPS) is 22.8. The number of fused-ring (bicyclic) bond motifs is 2. The van der Waals surface area contributed by atoms with E-state index >= 15 is 0 Å². The van der Waals surface area contributed by atoms with E-state index in [4.69, 9.17) is 4.74 Å². The van der Waals surface area contributed by atoms with Crippen molar-refractivity contribution in [2.45, 2.75) is 18.4 Å². The van der Waals surface area contributed by atoms with Crippen molar-refractivity contribution in [3.05, 3.63) is 59.7 Å². The number of likely N-dealkylation sites (tertiary alicyclic amines) is 1. The molecule has 0 bridgehead atoms. The Balaban J connectivity index is 1.66. The molecule has 1 saturated heterocycles. The molecular weight excluding hydrogens is 294 g/mol. The molecule has 0 saturated carbocycles. The third kappa shape index (κ3) is 2.18. The molecule has 2 aliphatic heterocycles. The van der Waals surface area contributed by atoms with Gasteiger partial charge in [0.2, 0.25) is 0 Å². The molecule has 23 heavy (non-hydrogen) atoms. The topological polar surface area (TPSA) is 72.4 Å². The Kier molecular flexibility index (Phi) is 3.11. The number of carbonyl (C=O) groups is 2. The van der Waals surface area contributed by atoms with Gasteiger partial charge in [0, 0.05) is 24.5 Å². The standard InChI is InChI=1S/C17H15N3O3/c21-15(14-10-18-7-8-19-14)20-9-3-6-17(11-20)13-5-2-1-4-12(13)16(22)23-17/h1-2,4-5,7-8,10H,3,6,9,11H2. The molecule has 6 heteroatoms. The van der Waals surface area contributed by atoms with Crippen molar-refractivity contribution >= 4 is 11.9 Å². The Bertz CT molecular complexity index is 778. The molecule has 0 aliphatic carbocycles. The number of ether oxygens (including phenoxy) is 1. The summed E-state index contributed by atoms with van der Waals surface area (Å²) in [5.74, 6) is -0.494. The van der Waals surface area contributed by atoms with Crippen molar-refractivity contribution in [2.75, 3.05) is 13.1 Å². The van der Waals surface area contributed by atoms with Crippen LogP contribution in [0.2, 0.25) is 0 Å². The first kappa shape index (κ1) is 13.9. The van der Waals surface area contributed by atoms with Gasteiger partial charge in [0.05, 0.1) is 18.3 Å². The average Bonchev–Trinajstić information content (AvgIpc) is 2.87. The fourth-order valence-electron chi connectivity index (χ4n) is 3.42. The maximum atomic E-state index is 12.6. The fraction of sp³-hybridized carbons (Fsp3) is 0.294. The van der Waals surface area contributed by atoms with Crippen LogP contribution in [0.25, 0.3) is 0 Å². The Morgan fingerprint density at radius 1 is 1.26 bits per heavy atom. The minimum absolute atomic E-state index is 0.183. The van der Waals surface area contributed by atoms with Gasteiger partial charge in [-0.25, -0.2) is 9.78 Å². The first-order chi connectivity index (χ1) is 11.2. The number of rotatable bonds is 1. The van der Waals surface area contributed by atoms with Gasteiger partial charge in [-0.3, -0.25) is 9.78 Å². The van der Waals surface area contributed by atoms with Crippen molar-refractivity contribution in [2.24, 2.45) is 0 Å². The zero-order valence-electron chi connectivity index (χ0n) is 12.4. The van der Waals surface area contributed by atoms with E-state index in [0.717, 1.165) is 18.4 Å². The third-order valence-electron chi connectivity index (χ3n) is 4.45. The van der Waals surface area contributed by atoms with Crippen molar-refractivity contribution in [1.82, 2.24) is 14.9 Å². The molecular formula is C17H15N3O3. The van der Waals surface area contributed by atoms with Crippen LogP contribution in [0.4, 0.5) is 0 Å². The predicted molar refractivity (Wildman–Crippen MR) is 80.7 cm³/mol. The molecule has 1 amide bonds. The molecule has 1 fully saturated rings. The van der Waals surface area contributed by atoms with E-state index in [1.165, 1.54) is 18.6 Å². The van der Waals surface area contributed by atoms with E-state index in [1.807, 2.05) is 18.2 Å². The van der Waals surface area contributed by atoms with E-state index in [1.54, 1.807) is 11.0 Å². The summed E-state index contributed by atoms with van der Waals surface area (Å²) in [6.45, 7) is 0.974. The highest BCUT2D eigenvalue weighted by atomic mass is 16.6. The number of hydrogen-bond acceptors (Lipinski definition) is 5. The van der Waals surface area contributed by atoms with Crippen LogP contribution in [-0.4, -0.2) is 39.8 Å². The molecule has 2 aromatic rings. The zero-order valence-corrected chi connectivity index (χ0v) is 12.4. The fourth-order valence-corrected chi connectivity index (χ4v) is 3.42. The molecule has 1 unspecified atom stereocenters. The van der Waals surface area contributed by atoms with E-state index in [-0.39, 0.29) is 11.9 Å². The Hall–Kier alpha value is -2.76. The third-order valence-corrected chi connectivity index (χ3v) is 4.45. The Morgan fingerprint density at radius 3 is 2.96 bits per heavy atom. The lowest BCUT2D eigenvalue weighted by Gasteiger charge is -2.39. The minimum Gasteiger partial charge on any atom is -0.449 e. The molecule has 4 rings (SSSR count). The Morgan fingerprint density at radius 2 is 2.13 bits per heavy atom. The maximum Gasteiger partial charge on any atom is 0.339 e. The molecule has 1 spiro atoms. The van der Waals surface area contributed by atoms with Gasteiger partial charge in [-0.05, 0) is 18.9 Å². The van der Waals surface area contributed by atoms with Crippen LogP contribution in [0.15, 0.2) is 42.9 Å². The van der Waals surface area contributed by atoms with Crippen molar-refractivity contribution < 1.29 is 14.3 Å². The number of nitrogens with zero attached hydrogens (tertiary/aromatic N) is 3. The van der Waals surface area contributed by atoms with Gasteiger partial charge in [0.1, 0.15) is 5.69 Å². The van der Waals surface area contributed by atoms with E-state index < -0.39 is 5.60 Å². The Labute approximate surface area is 133 Å². The minimum atomic E-state index is -0.732. The number of piperidine rings is 1. The molecule has 1 aromatic carbocycles. The number of hydrogen-bond donors (Lipinski definition) is 0. The number of aromatic nitrogens is 2. The van der Waals surface area contributed by atoms with Crippen molar-refractivity contribution in [3.63, 3.8) is 0 Å². The van der Waals surface area contributed by atoms with Crippen LogP contribution in [0, 0.1) is 0 Å². The van der Waals surface area contributed by atoms with Gasteiger partial charge in [0.25, 0.3) is 5.91 Å². The van der Waals surface area contributed by atoms with Crippen LogP contribution in [0.5, 0.6) is 0 Å². The largest absolute Gasteiger partial charge is 0.449 e. The first-order valence-corrected chi connectivity index (χ1v) is 7.58. The highest BCUT2D eigenvalue weighted by Crippen LogP contribution is 2.42. The summed E-state index contributed by atoms with van der Waals surface area (Å²) < 4.78 is 5.71. The first-order valence-electron chi connectivity index (χ1n) is 7.58. The SMILES string of the molecule is O=C1OC2(CCCN(C(=O)c3cnccn3)C2)c2ccccc21. The highest BCUT2D eigenvalue weighted by Gasteiger charge is 2.48. The summed E-state index contributed by atoms with van der Waals surface area (Å²) in [6, 6.07) is 7.41. The molecule has 6 nitrogen and oxygen atoms in total. The molecule has 2 aliphatic rings. The number of esters is 1. The number of amides is 1.